The highest BCUT2D eigenvalue weighted by Crippen LogP contribution is 2.31. The summed E-state index contributed by atoms with van der Waals surface area (Å²) in [6.45, 7) is 3.44. The third-order valence-corrected chi connectivity index (χ3v) is 6.09. The molecule has 0 aromatic heterocycles. The quantitative estimate of drug-likeness (QED) is 0.328. The van der Waals surface area contributed by atoms with Crippen LogP contribution in [0.1, 0.15) is 38.3 Å². The van der Waals surface area contributed by atoms with Crippen molar-refractivity contribution in [1.82, 2.24) is 0 Å². The monoisotopic (exact) mass is 560 g/mol. The molecule has 7 nitrogen and oxygen atoms in total. The van der Waals surface area contributed by atoms with Crippen LogP contribution >= 0.6 is 11.6 Å². The van der Waals surface area contributed by atoms with Gasteiger partial charge < -0.3 is 20.4 Å². The molecule has 11 heteroatoms. The molecule has 1 heterocycles. The third-order valence-electron chi connectivity index (χ3n) is 5.85. The molecule has 3 aromatic carbocycles. The largest absolute Gasteiger partial charge is 0.490 e. The molecular formula is C28H24ClF3N2O5. The van der Waals surface area contributed by atoms with Crippen molar-refractivity contribution in [3.8, 4) is 0 Å². The lowest BCUT2D eigenvalue weighted by Crippen LogP contribution is -2.30. The number of aliphatic carboxylic acids is 1. The molecule has 204 valence electrons. The summed E-state index contributed by atoms with van der Waals surface area (Å²) in [4.78, 5) is 35.4. The lowest BCUT2D eigenvalue weighted by Gasteiger charge is -2.30. The normalized spacial score (nSPS) is 13.1. The molecule has 3 aromatic rings. The first-order valence-corrected chi connectivity index (χ1v) is 12.0. The van der Waals surface area contributed by atoms with Crippen molar-refractivity contribution in [3.63, 3.8) is 0 Å². The number of carbonyl (C=O) groups is 3. The van der Waals surface area contributed by atoms with Gasteiger partial charge in [-0.1, -0.05) is 48.0 Å². The number of rotatable bonds is 5. The molecule has 0 spiro atoms. The Morgan fingerprint density at radius 1 is 0.974 bits per heavy atom. The number of alkyl halides is 3. The molecule has 3 N–H and O–H groups in total. The number of nitrogens with zero attached hydrogens (tertiary/aromatic N) is 1. The van der Waals surface area contributed by atoms with Gasteiger partial charge in [0.25, 0.3) is 5.91 Å². The second kappa shape index (κ2) is 12.5. The number of amides is 1. The Labute approximate surface area is 227 Å². The minimum absolute atomic E-state index is 0.154. The highest BCUT2D eigenvalue weighted by Gasteiger charge is 2.38. The Kier molecular flexibility index (Phi) is 9.37. The highest BCUT2D eigenvalue weighted by molar-refractivity contribution is 6.31. The second-order valence-corrected chi connectivity index (χ2v) is 8.98. The van der Waals surface area contributed by atoms with E-state index in [0.29, 0.717) is 35.1 Å². The van der Waals surface area contributed by atoms with Crippen molar-refractivity contribution in [2.24, 2.45) is 0 Å². The van der Waals surface area contributed by atoms with Gasteiger partial charge in [-0.2, -0.15) is 13.2 Å². The van der Waals surface area contributed by atoms with Gasteiger partial charge in [-0.15, -0.1) is 0 Å². The number of hydrogen-bond donors (Lipinski definition) is 3. The van der Waals surface area contributed by atoms with Crippen LogP contribution in [0.5, 0.6) is 0 Å². The van der Waals surface area contributed by atoms with E-state index in [1.165, 1.54) is 22.8 Å². The van der Waals surface area contributed by atoms with E-state index in [2.05, 4.69) is 30.4 Å². The molecule has 0 fully saturated rings. The van der Waals surface area contributed by atoms with E-state index < -0.39 is 18.1 Å². The SMILES string of the molecule is Cc1ccccc1C1=CCN(c2ccc(NC(=O)c3cccc(Cl)c3)cc2C(=O)O)CC1.O=C(O)C(F)(F)F. The first-order chi connectivity index (χ1) is 18.4. The van der Waals surface area contributed by atoms with Crippen LogP contribution in [0.3, 0.4) is 0 Å². The molecule has 1 aliphatic rings. The van der Waals surface area contributed by atoms with Gasteiger partial charge in [0.2, 0.25) is 0 Å². The number of hydrogen-bond acceptors (Lipinski definition) is 4. The Hall–Kier alpha value is -4.31. The smallest absolute Gasteiger partial charge is 0.478 e. The Bertz CT molecular complexity index is 1420. The minimum atomic E-state index is -5.08. The van der Waals surface area contributed by atoms with E-state index in [1.54, 1.807) is 36.4 Å². The summed E-state index contributed by atoms with van der Waals surface area (Å²) in [5, 5.41) is 20.1. The standard InChI is InChI=1S/C26H23ClN2O3.C2HF3O2/c1-17-5-2-3-8-22(17)18-11-13-29(14-12-18)24-10-9-21(16-23(24)26(31)32)28-25(30)19-6-4-7-20(27)15-19;3-2(4,5)1(6)7/h2-11,15-16H,12-14H2,1H3,(H,28,30)(H,31,32);(H,6,7). The van der Waals surface area contributed by atoms with E-state index >= 15 is 0 Å². The summed E-state index contributed by atoms with van der Waals surface area (Å²) in [6.07, 6.45) is -2.09. The van der Waals surface area contributed by atoms with Crippen LogP contribution in [-0.4, -0.2) is 47.3 Å². The molecule has 1 aliphatic heterocycles. The Balaban J connectivity index is 0.000000532. The van der Waals surface area contributed by atoms with Gasteiger partial charge in [0.05, 0.1) is 11.3 Å². The van der Waals surface area contributed by atoms with E-state index in [1.807, 2.05) is 17.0 Å². The van der Waals surface area contributed by atoms with Gasteiger partial charge >= 0.3 is 18.1 Å². The number of halogens is 4. The Morgan fingerprint density at radius 2 is 1.67 bits per heavy atom. The second-order valence-electron chi connectivity index (χ2n) is 8.54. The van der Waals surface area contributed by atoms with Gasteiger partial charge in [-0.3, -0.25) is 4.79 Å². The van der Waals surface area contributed by atoms with Gasteiger partial charge in [0.15, 0.2) is 0 Å². The zero-order valence-corrected chi connectivity index (χ0v) is 21.4. The summed E-state index contributed by atoms with van der Waals surface area (Å²) in [5.41, 5.74) is 5.37. The van der Waals surface area contributed by atoms with Crippen molar-refractivity contribution in [2.75, 3.05) is 23.3 Å². The fourth-order valence-electron chi connectivity index (χ4n) is 3.96. The number of carboxylic acids is 2. The molecule has 0 unspecified atom stereocenters. The van der Waals surface area contributed by atoms with Gasteiger partial charge in [-0.05, 0) is 66.4 Å². The summed E-state index contributed by atoms with van der Waals surface area (Å²) in [6, 6.07) is 19.9. The summed E-state index contributed by atoms with van der Waals surface area (Å²) in [7, 11) is 0. The maximum absolute atomic E-state index is 12.5. The van der Waals surface area contributed by atoms with Gasteiger partial charge in [-0.25, -0.2) is 9.59 Å². The molecule has 39 heavy (non-hydrogen) atoms. The molecule has 0 atom stereocenters. The number of carboxylic acid groups (broad SMARTS) is 2. The van der Waals surface area contributed by atoms with E-state index in [0.717, 1.165) is 6.42 Å². The molecule has 0 saturated heterocycles. The van der Waals surface area contributed by atoms with Crippen LogP contribution in [0.25, 0.3) is 5.57 Å². The van der Waals surface area contributed by atoms with Crippen LogP contribution in [0.15, 0.2) is 72.8 Å². The molecule has 0 radical (unpaired) electrons. The Morgan fingerprint density at radius 3 is 2.23 bits per heavy atom. The number of anilines is 2. The van der Waals surface area contributed by atoms with Crippen molar-refractivity contribution in [2.45, 2.75) is 19.5 Å². The predicted molar refractivity (Wildman–Crippen MR) is 142 cm³/mol. The number of aromatic carboxylic acids is 1. The summed E-state index contributed by atoms with van der Waals surface area (Å²) < 4.78 is 31.7. The van der Waals surface area contributed by atoms with Crippen molar-refractivity contribution in [1.29, 1.82) is 0 Å². The number of benzene rings is 3. The molecular weight excluding hydrogens is 537 g/mol. The van der Waals surface area contributed by atoms with Crippen molar-refractivity contribution < 1.29 is 37.8 Å². The van der Waals surface area contributed by atoms with Gasteiger partial charge in [0.1, 0.15) is 0 Å². The van der Waals surface area contributed by atoms with Crippen LogP contribution < -0.4 is 10.2 Å². The molecule has 0 saturated carbocycles. The number of aryl methyl sites for hydroxylation is 1. The maximum Gasteiger partial charge on any atom is 0.490 e. The lowest BCUT2D eigenvalue weighted by atomic mass is 9.95. The fraction of sp³-hybridized carbons (Fsp3) is 0.179. The summed E-state index contributed by atoms with van der Waals surface area (Å²) >= 11 is 5.96. The van der Waals surface area contributed by atoms with Gasteiger partial charge in [0, 0.05) is 29.4 Å². The zero-order chi connectivity index (χ0) is 28.7. The third kappa shape index (κ3) is 7.84. The number of carbonyl (C=O) groups excluding carboxylic acids is 1. The average molecular weight is 561 g/mol. The van der Waals surface area contributed by atoms with E-state index in [9.17, 15) is 27.9 Å². The van der Waals surface area contributed by atoms with Crippen LogP contribution in [-0.2, 0) is 4.79 Å². The molecule has 0 bridgehead atoms. The van der Waals surface area contributed by atoms with Crippen LogP contribution in [0.4, 0.5) is 24.5 Å². The van der Waals surface area contributed by atoms with Crippen LogP contribution in [0, 0.1) is 6.92 Å². The van der Waals surface area contributed by atoms with Crippen LogP contribution in [0.2, 0.25) is 5.02 Å². The topological polar surface area (TPSA) is 107 Å². The first kappa shape index (κ1) is 29.2. The van der Waals surface area contributed by atoms with Crippen molar-refractivity contribution in [3.05, 3.63) is 100 Å². The minimum Gasteiger partial charge on any atom is -0.478 e. The predicted octanol–water partition coefficient (Wildman–Crippen LogP) is 6.53. The van der Waals surface area contributed by atoms with E-state index in [4.69, 9.17) is 21.5 Å². The highest BCUT2D eigenvalue weighted by atomic mass is 35.5. The molecule has 4 rings (SSSR count). The first-order valence-electron chi connectivity index (χ1n) is 11.6. The fourth-order valence-corrected chi connectivity index (χ4v) is 4.15. The zero-order valence-electron chi connectivity index (χ0n) is 20.6. The molecule has 0 aliphatic carbocycles. The molecule has 1 amide bonds. The average Bonchev–Trinajstić information content (AvgIpc) is 2.89. The van der Waals surface area contributed by atoms with Crippen molar-refractivity contribution >= 4 is 46.4 Å². The maximum atomic E-state index is 12.5. The lowest BCUT2D eigenvalue weighted by molar-refractivity contribution is -0.192. The summed E-state index contributed by atoms with van der Waals surface area (Å²) in [5.74, 6) is -4.14. The number of nitrogens with one attached hydrogen (secondary N) is 1. The van der Waals surface area contributed by atoms with E-state index in [-0.39, 0.29) is 11.5 Å².